The summed E-state index contributed by atoms with van der Waals surface area (Å²) in [5.74, 6) is 2.24. The number of hydrogen-bond acceptors (Lipinski definition) is 2. The highest BCUT2D eigenvalue weighted by Gasteiger charge is 2.32. The van der Waals surface area contributed by atoms with E-state index >= 15 is 0 Å². The van der Waals surface area contributed by atoms with Gasteiger partial charge in [0.2, 0.25) is 5.91 Å². The number of rotatable bonds is 5. The van der Waals surface area contributed by atoms with Crippen molar-refractivity contribution in [2.75, 3.05) is 6.54 Å². The zero-order valence-corrected chi connectivity index (χ0v) is 13.6. The molecular formula is C17H29N3O. The van der Waals surface area contributed by atoms with Crippen LogP contribution in [0.1, 0.15) is 58.7 Å². The molecule has 1 amide bonds. The summed E-state index contributed by atoms with van der Waals surface area (Å²) in [4.78, 5) is 19.5. The van der Waals surface area contributed by atoms with Crippen LogP contribution in [0.4, 0.5) is 0 Å². The molecule has 1 aromatic heterocycles. The maximum Gasteiger partial charge on any atom is 0.223 e. The number of imidazole rings is 1. The van der Waals surface area contributed by atoms with E-state index in [4.69, 9.17) is 0 Å². The Labute approximate surface area is 128 Å². The Morgan fingerprint density at radius 2 is 2.05 bits per heavy atom. The molecule has 118 valence electrons. The Morgan fingerprint density at radius 3 is 2.62 bits per heavy atom. The van der Waals surface area contributed by atoms with Crippen molar-refractivity contribution in [1.29, 1.82) is 0 Å². The number of aryl methyl sites for hydroxylation is 1. The van der Waals surface area contributed by atoms with Crippen molar-refractivity contribution in [3.05, 3.63) is 18.2 Å². The molecule has 0 saturated heterocycles. The SMILES string of the molecule is CC(C)(C)C1CCC(C(=O)NCCCc2ncc[nH]2)CC1. The van der Waals surface area contributed by atoms with E-state index < -0.39 is 0 Å². The van der Waals surface area contributed by atoms with Crippen molar-refractivity contribution in [3.8, 4) is 0 Å². The van der Waals surface area contributed by atoms with Crippen molar-refractivity contribution in [1.82, 2.24) is 15.3 Å². The van der Waals surface area contributed by atoms with Crippen LogP contribution in [0, 0.1) is 17.3 Å². The molecule has 21 heavy (non-hydrogen) atoms. The van der Waals surface area contributed by atoms with Gasteiger partial charge in [0.15, 0.2) is 0 Å². The average molecular weight is 291 g/mol. The summed E-state index contributed by atoms with van der Waals surface area (Å²) < 4.78 is 0. The number of nitrogens with zero attached hydrogens (tertiary/aromatic N) is 1. The lowest BCUT2D eigenvalue weighted by molar-refractivity contribution is -0.126. The molecular weight excluding hydrogens is 262 g/mol. The molecule has 0 bridgehead atoms. The van der Waals surface area contributed by atoms with Crippen LogP contribution < -0.4 is 5.32 Å². The molecule has 4 heteroatoms. The largest absolute Gasteiger partial charge is 0.356 e. The van der Waals surface area contributed by atoms with Gasteiger partial charge in [-0.05, 0) is 43.4 Å². The molecule has 1 aromatic rings. The number of aromatic nitrogens is 2. The van der Waals surface area contributed by atoms with Crippen LogP contribution in [0.2, 0.25) is 0 Å². The fourth-order valence-electron chi connectivity index (χ4n) is 3.27. The van der Waals surface area contributed by atoms with Gasteiger partial charge >= 0.3 is 0 Å². The van der Waals surface area contributed by atoms with E-state index in [1.807, 2.05) is 6.20 Å². The Kier molecular flexibility index (Phi) is 5.43. The molecule has 1 heterocycles. The first-order chi connectivity index (χ1) is 9.97. The van der Waals surface area contributed by atoms with Crippen LogP contribution in [0.5, 0.6) is 0 Å². The molecule has 2 rings (SSSR count). The summed E-state index contributed by atoms with van der Waals surface area (Å²) in [5, 5.41) is 3.09. The number of nitrogens with one attached hydrogen (secondary N) is 2. The standard InChI is InChI=1S/C17H29N3O/c1-17(2,3)14-8-6-13(7-9-14)16(21)20-10-4-5-15-18-11-12-19-15/h11-14H,4-10H2,1-3H3,(H,18,19)(H,20,21). The Morgan fingerprint density at radius 1 is 1.33 bits per heavy atom. The Bertz CT molecular complexity index is 425. The van der Waals surface area contributed by atoms with Gasteiger partial charge in [-0.1, -0.05) is 20.8 Å². The highest BCUT2D eigenvalue weighted by Crippen LogP contribution is 2.39. The summed E-state index contributed by atoms with van der Waals surface area (Å²) in [6.07, 6.45) is 9.91. The zero-order chi connectivity index (χ0) is 15.3. The van der Waals surface area contributed by atoms with E-state index in [1.54, 1.807) is 6.20 Å². The summed E-state index contributed by atoms with van der Waals surface area (Å²) in [6, 6.07) is 0. The molecule has 0 atom stereocenters. The van der Waals surface area contributed by atoms with Gasteiger partial charge in [0.05, 0.1) is 0 Å². The molecule has 0 spiro atoms. The van der Waals surface area contributed by atoms with Crippen LogP contribution in [0.25, 0.3) is 0 Å². The molecule has 4 nitrogen and oxygen atoms in total. The number of carbonyl (C=O) groups is 1. The van der Waals surface area contributed by atoms with Gasteiger partial charge in [-0.2, -0.15) is 0 Å². The lowest BCUT2D eigenvalue weighted by Gasteiger charge is -2.36. The van der Waals surface area contributed by atoms with Gasteiger partial charge < -0.3 is 10.3 Å². The number of carbonyl (C=O) groups excluding carboxylic acids is 1. The minimum atomic E-state index is 0.229. The quantitative estimate of drug-likeness (QED) is 0.818. The van der Waals surface area contributed by atoms with E-state index in [-0.39, 0.29) is 11.8 Å². The lowest BCUT2D eigenvalue weighted by atomic mass is 9.69. The highest BCUT2D eigenvalue weighted by molar-refractivity contribution is 5.78. The third-order valence-corrected chi connectivity index (χ3v) is 4.77. The number of aromatic amines is 1. The van der Waals surface area contributed by atoms with Crippen molar-refractivity contribution >= 4 is 5.91 Å². The van der Waals surface area contributed by atoms with Crippen molar-refractivity contribution < 1.29 is 4.79 Å². The van der Waals surface area contributed by atoms with Gasteiger partial charge in [0, 0.05) is 31.3 Å². The van der Waals surface area contributed by atoms with Gasteiger partial charge in [-0.3, -0.25) is 4.79 Å². The molecule has 0 aliphatic heterocycles. The minimum absolute atomic E-state index is 0.229. The maximum atomic E-state index is 12.2. The fourth-order valence-corrected chi connectivity index (χ4v) is 3.27. The average Bonchev–Trinajstić information content (AvgIpc) is 2.96. The number of hydrogen-bond donors (Lipinski definition) is 2. The minimum Gasteiger partial charge on any atom is -0.356 e. The molecule has 0 radical (unpaired) electrons. The monoisotopic (exact) mass is 291 g/mol. The Balaban J connectivity index is 1.63. The van der Waals surface area contributed by atoms with E-state index in [0.29, 0.717) is 5.41 Å². The van der Waals surface area contributed by atoms with Crippen LogP contribution in [-0.4, -0.2) is 22.4 Å². The maximum absolute atomic E-state index is 12.2. The third-order valence-electron chi connectivity index (χ3n) is 4.77. The molecule has 2 N–H and O–H groups in total. The van der Waals surface area contributed by atoms with Gasteiger partial charge in [-0.25, -0.2) is 4.98 Å². The lowest BCUT2D eigenvalue weighted by Crippen LogP contribution is -2.35. The second-order valence-corrected chi connectivity index (χ2v) is 7.35. The molecule has 1 aliphatic carbocycles. The fraction of sp³-hybridized carbons (Fsp3) is 0.765. The van der Waals surface area contributed by atoms with Gasteiger partial charge in [-0.15, -0.1) is 0 Å². The van der Waals surface area contributed by atoms with Crippen molar-refractivity contribution in [3.63, 3.8) is 0 Å². The van der Waals surface area contributed by atoms with Crippen molar-refractivity contribution in [2.24, 2.45) is 17.3 Å². The smallest absolute Gasteiger partial charge is 0.223 e. The number of amides is 1. The summed E-state index contributed by atoms with van der Waals surface area (Å²) in [6.45, 7) is 7.69. The van der Waals surface area contributed by atoms with Crippen LogP contribution in [0.3, 0.4) is 0 Å². The third kappa shape index (κ3) is 4.87. The van der Waals surface area contributed by atoms with E-state index in [0.717, 1.165) is 44.0 Å². The zero-order valence-electron chi connectivity index (χ0n) is 13.6. The summed E-state index contributed by atoms with van der Waals surface area (Å²) >= 11 is 0. The molecule has 1 saturated carbocycles. The number of H-pyrrole nitrogens is 1. The van der Waals surface area contributed by atoms with Crippen LogP contribution >= 0.6 is 0 Å². The van der Waals surface area contributed by atoms with E-state index in [1.165, 1.54) is 12.8 Å². The highest BCUT2D eigenvalue weighted by atomic mass is 16.1. The normalized spacial score (nSPS) is 23.0. The second-order valence-electron chi connectivity index (χ2n) is 7.35. The van der Waals surface area contributed by atoms with E-state index in [2.05, 4.69) is 36.1 Å². The van der Waals surface area contributed by atoms with Gasteiger partial charge in [0.1, 0.15) is 5.82 Å². The predicted octanol–water partition coefficient (Wildman–Crippen LogP) is 3.31. The molecule has 0 unspecified atom stereocenters. The second kappa shape index (κ2) is 7.10. The van der Waals surface area contributed by atoms with Crippen LogP contribution in [-0.2, 0) is 11.2 Å². The molecule has 1 aliphatic rings. The van der Waals surface area contributed by atoms with Crippen molar-refractivity contribution in [2.45, 2.75) is 59.3 Å². The predicted molar refractivity (Wildman–Crippen MR) is 84.8 cm³/mol. The van der Waals surface area contributed by atoms with E-state index in [9.17, 15) is 4.79 Å². The first-order valence-electron chi connectivity index (χ1n) is 8.23. The first kappa shape index (κ1) is 16.1. The Hall–Kier alpha value is -1.32. The molecule has 1 fully saturated rings. The first-order valence-corrected chi connectivity index (χ1v) is 8.23. The topological polar surface area (TPSA) is 57.8 Å². The van der Waals surface area contributed by atoms with Gasteiger partial charge in [0.25, 0.3) is 0 Å². The molecule has 0 aromatic carbocycles. The van der Waals surface area contributed by atoms with Crippen LogP contribution in [0.15, 0.2) is 12.4 Å². The summed E-state index contributed by atoms with van der Waals surface area (Å²) in [5.41, 5.74) is 0.379. The summed E-state index contributed by atoms with van der Waals surface area (Å²) in [7, 11) is 0.